The quantitative estimate of drug-likeness (QED) is 0.742. The molecule has 2 rings (SSSR count). The predicted molar refractivity (Wildman–Crippen MR) is 62.4 cm³/mol. The maximum atomic E-state index is 7.42. The lowest BCUT2D eigenvalue weighted by Crippen LogP contribution is -1.86. The molecule has 1 heterocycles. The molecule has 0 fully saturated rings. The van der Waals surface area contributed by atoms with Crippen molar-refractivity contribution in [2.24, 2.45) is 0 Å². The smallest absolute Gasteiger partial charge is 0.138 e. The van der Waals surface area contributed by atoms with E-state index in [1.54, 1.807) is 0 Å². The van der Waals surface area contributed by atoms with E-state index in [0.717, 1.165) is 16.0 Å². The maximum Gasteiger partial charge on any atom is 0.138 e. The normalized spacial score (nSPS) is 10.1. The first kappa shape index (κ1) is 9.44. The van der Waals surface area contributed by atoms with Crippen LogP contribution in [0.5, 0.6) is 0 Å². The topological polar surface area (TPSA) is 23.9 Å². The highest BCUT2D eigenvalue weighted by molar-refractivity contribution is 7.14. The van der Waals surface area contributed by atoms with E-state index in [0.29, 0.717) is 0 Å². The summed E-state index contributed by atoms with van der Waals surface area (Å²) in [6, 6.07) is 12.0. The molecule has 0 radical (unpaired) electrons. The van der Waals surface area contributed by atoms with Gasteiger partial charge >= 0.3 is 0 Å². The highest BCUT2D eigenvalue weighted by Crippen LogP contribution is 2.29. The van der Waals surface area contributed by atoms with Crippen LogP contribution in [0.1, 0.15) is 4.88 Å². The number of hydrogen-bond acceptors (Lipinski definition) is 2. The molecule has 1 nitrogen and oxygen atoms in total. The molecule has 1 aromatic heterocycles. The molecule has 0 bridgehead atoms. The summed E-state index contributed by atoms with van der Waals surface area (Å²) in [5.41, 5.74) is 2.14. The number of hydrogen-bond donors (Lipinski definition) is 1. The Bertz CT molecular complexity index is 447. The molecule has 0 aliphatic rings. The van der Waals surface area contributed by atoms with Gasteiger partial charge < -0.3 is 0 Å². The van der Waals surface area contributed by atoms with Crippen molar-refractivity contribution < 1.29 is 0 Å². The Morgan fingerprint density at radius 2 is 1.86 bits per heavy atom. The van der Waals surface area contributed by atoms with Gasteiger partial charge in [-0.15, -0.1) is 11.3 Å². The van der Waals surface area contributed by atoms with Crippen LogP contribution in [-0.2, 0) is 0 Å². The first-order valence-corrected chi connectivity index (χ1v) is 5.42. The monoisotopic (exact) mass is 221 g/mol. The highest BCUT2D eigenvalue weighted by atomic mass is 35.5. The summed E-state index contributed by atoms with van der Waals surface area (Å²) in [6.45, 7) is 0. The van der Waals surface area contributed by atoms with E-state index in [1.165, 1.54) is 11.3 Å². The minimum atomic E-state index is 0.110. The van der Waals surface area contributed by atoms with Gasteiger partial charge in [-0.05, 0) is 17.0 Å². The summed E-state index contributed by atoms with van der Waals surface area (Å²) in [6.07, 6.45) is 0. The SMILES string of the molecule is N=C(Cl)c1sccc1-c1ccccc1. The Labute approximate surface area is 91.5 Å². The lowest BCUT2D eigenvalue weighted by molar-refractivity contribution is 1.55. The Balaban J connectivity index is 2.52. The van der Waals surface area contributed by atoms with Crippen LogP contribution in [0.15, 0.2) is 41.8 Å². The van der Waals surface area contributed by atoms with Gasteiger partial charge in [0.05, 0.1) is 4.88 Å². The van der Waals surface area contributed by atoms with E-state index in [4.69, 9.17) is 17.0 Å². The van der Waals surface area contributed by atoms with Crippen molar-refractivity contribution >= 4 is 28.1 Å². The minimum absolute atomic E-state index is 0.110. The van der Waals surface area contributed by atoms with Crippen LogP contribution in [0.4, 0.5) is 0 Å². The van der Waals surface area contributed by atoms with Crippen LogP contribution >= 0.6 is 22.9 Å². The summed E-state index contributed by atoms with van der Waals surface area (Å²) >= 11 is 7.19. The second kappa shape index (κ2) is 3.95. The first-order chi connectivity index (χ1) is 6.79. The Morgan fingerprint density at radius 3 is 2.50 bits per heavy atom. The molecule has 0 aliphatic heterocycles. The summed E-state index contributed by atoms with van der Waals surface area (Å²) in [5.74, 6) is 0. The molecule has 1 aromatic carbocycles. The Kier molecular flexibility index (Phi) is 2.66. The van der Waals surface area contributed by atoms with E-state index in [1.807, 2.05) is 41.8 Å². The molecule has 0 unspecified atom stereocenters. The fourth-order valence-electron chi connectivity index (χ4n) is 1.32. The molecule has 0 saturated carbocycles. The number of rotatable bonds is 2. The molecule has 0 atom stereocenters. The van der Waals surface area contributed by atoms with Crippen molar-refractivity contribution in [3.8, 4) is 11.1 Å². The van der Waals surface area contributed by atoms with Crippen LogP contribution in [0.25, 0.3) is 11.1 Å². The molecule has 0 aliphatic carbocycles. The van der Waals surface area contributed by atoms with Gasteiger partial charge in [0.1, 0.15) is 5.17 Å². The van der Waals surface area contributed by atoms with Gasteiger partial charge in [0.2, 0.25) is 0 Å². The van der Waals surface area contributed by atoms with E-state index >= 15 is 0 Å². The van der Waals surface area contributed by atoms with Gasteiger partial charge in [0.25, 0.3) is 0 Å². The second-order valence-corrected chi connectivity index (χ2v) is 4.14. The lowest BCUT2D eigenvalue weighted by atomic mass is 10.1. The molecule has 1 N–H and O–H groups in total. The van der Waals surface area contributed by atoms with Crippen molar-refractivity contribution in [1.29, 1.82) is 5.41 Å². The van der Waals surface area contributed by atoms with E-state index < -0.39 is 0 Å². The van der Waals surface area contributed by atoms with Crippen molar-refractivity contribution in [2.45, 2.75) is 0 Å². The standard InChI is InChI=1S/C11H8ClNS/c12-11(13)10-9(6-7-14-10)8-4-2-1-3-5-8/h1-7,13H. The van der Waals surface area contributed by atoms with Gasteiger partial charge in [-0.1, -0.05) is 41.9 Å². The van der Waals surface area contributed by atoms with Crippen LogP contribution in [0, 0.1) is 5.41 Å². The number of nitrogens with one attached hydrogen (secondary N) is 1. The molecule has 14 heavy (non-hydrogen) atoms. The van der Waals surface area contributed by atoms with Crippen molar-refractivity contribution in [2.75, 3.05) is 0 Å². The lowest BCUT2D eigenvalue weighted by Gasteiger charge is -2.00. The molecular weight excluding hydrogens is 214 g/mol. The predicted octanol–water partition coefficient (Wildman–Crippen LogP) is 3.98. The number of thiophene rings is 1. The zero-order valence-electron chi connectivity index (χ0n) is 7.33. The molecular formula is C11H8ClNS. The number of halogens is 1. The molecule has 0 spiro atoms. The third kappa shape index (κ3) is 1.72. The van der Waals surface area contributed by atoms with Crippen LogP contribution in [-0.4, -0.2) is 5.17 Å². The Morgan fingerprint density at radius 1 is 1.14 bits per heavy atom. The van der Waals surface area contributed by atoms with Gasteiger partial charge in [-0.2, -0.15) is 0 Å². The first-order valence-electron chi connectivity index (χ1n) is 4.16. The highest BCUT2D eigenvalue weighted by Gasteiger charge is 2.08. The van der Waals surface area contributed by atoms with Crippen molar-refractivity contribution in [3.05, 3.63) is 46.7 Å². The van der Waals surface area contributed by atoms with Gasteiger partial charge in [0.15, 0.2) is 0 Å². The van der Waals surface area contributed by atoms with Gasteiger partial charge in [0, 0.05) is 5.56 Å². The van der Waals surface area contributed by atoms with Crippen molar-refractivity contribution in [1.82, 2.24) is 0 Å². The summed E-state index contributed by atoms with van der Waals surface area (Å²) in [5, 5.41) is 9.48. The van der Waals surface area contributed by atoms with E-state index in [-0.39, 0.29) is 5.17 Å². The van der Waals surface area contributed by atoms with Crippen LogP contribution < -0.4 is 0 Å². The average molecular weight is 222 g/mol. The second-order valence-electron chi connectivity index (χ2n) is 2.84. The summed E-state index contributed by atoms with van der Waals surface area (Å²) in [7, 11) is 0. The van der Waals surface area contributed by atoms with E-state index in [9.17, 15) is 0 Å². The fraction of sp³-hybridized carbons (Fsp3) is 0. The summed E-state index contributed by atoms with van der Waals surface area (Å²) < 4.78 is 0. The van der Waals surface area contributed by atoms with Crippen LogP contribution in [0.3, 0.4) is 0 Å². The molecule has 2 aromatic rings. The molecule has 70 valence electrons. The van der Waals surface area contributed by atoms with Gasteiger partial charge in [-0.3, -0.25) is 5.41 Å². The maximum absolute atomic E-state index is 7.42. The minimum Gasteiger partial charge on any atom is -0.288 e. The number of benzene rings is 1. The third-order valence-corrected chi connectivity index (χ3v) is 3.18. The largest absolute Gasteiger partial charge is 0.288 e. The van der Waals surface area contributed by atoms with Crippen molar-refractivity contribution in [3.63, 3.8) is 0 Å². The van der Waals surface area contributed by atoms with E-state index in [2.05, 4.69) is 0 Å². The van der Waals surface area contributed by atoms with Crippen LogP contribution in [0.2, 0.25) is 0 Å². The molecule has 0 saturated heterocycles. The molecule has 3 heteroatoms. The molecule has 0 amide bonds. The Hall–Kier alpha value is -1.12. The zero-order chi connectivity index (χ0) is 9.97. The summed E-state index contributed by atoms with van der Waals surface area (Å²) in [4.78, 5) is 0.831. The third-order valence-electron chi connectivity index (χ3n) is 1.95. The van der Waals surface area contributed by atoms with Gasteiger partial charge in [-0.25, -0.2) is 0 Å². The average Bonchev–Trinajstić information content (AvgIpc) is 2.67. The fourth-order valence-corrected chi connectivity index (χ4v) is 2.32. The zero-order valence-corrected chi connectivity index (χ0v) is 8.90.